The van der Waals surface area contributed by atoms with E-state index >= 15 is 0 Å². The lowest BCUT2D eigenvalue weighted by atomic mass is 10.1. The molecular weight excluding hydrogens is 466 g/mol. The number of carbonyl (C=O) groups is 1. The number of hydrogen-bond acceptors (Lipinski definition) is 4. The van der Waals surface area contributed by atoms with Crippen LogP contribution in [0.4, 0.5) is 5.69 Å². The highest BCUT2D eigenvalue weighted by molar-refractivity contribution is 9.10. The molecule has 2 aromatic rings. The van der Waals surface area contributed by atoms with Crippen molar-refractivity contribution >= 4 is 37.5 Å². The fraction of sp³-hybridized carbons (Fsp3) is 0.409. The number of rotatable bonds is 4. The maximum absolute atomic E-state index is 13.6. The Labute approximate surface area is 186 Å². The van der Waals surface area contributed by atoms with E-state index in [1.54, 1.807) is 15.3 Å². The number of piperazine rings is 1. The third kappa shape index (κ3) is 4.06. The number of carbonyl (C=O) groups excluding carboxylic acids is 1. The zero-order valence-electron chi connectivity index (χ0n) is 17.2. The van der Waals surface area contributed by atoms with E-state index in [1.165, 1.54) is 12.5 Å². The summed E-state index contributed by atoms with van der Waals surface area (Å²) in [6.07, 6.45) is 0.654. The molecule has 160 valence electrons. The average molecular weight is 492 g/mol. The van der Waals surface area contributed by atoms with Crippen molar-refractivity contribution in [2.24, 2.45) is 0 Å². The minimum Gasteiger partial charge on any atom is -0.308 e. The predicted molar refractivity (Wildman–Crippen MR) is 121 cm³/mol. The van der Waals surface area contributed by atoms with E-state index in [2.05, 4.69) is 33.0 Å². The summed E-state index contributed by atoms with van der Waals surface area (Å²) in [7, 11) is -3.71. The molecule has 0 bridgehead atoms. The van der Waals surface area contributed by atoms with E-state index in [1.807, 2.05) is 31.2 Å². The number of sulfonamides is 1. The molecule has 0 unspecified atom stereocenters. The Morgan fingerprint density at radius 3 is 2.40 bits per heavy atom. The van der Waals surface area contributed by atoms with Crippen LogP contribution in [0, 0.1) is 0 Å². The van der Waals surface area contributed by atoms with Crippen LogP contribution in [0.3, 0.4) is 0 Å². The highest BCUT2D eigenvalue weighted by atomic mass is 79.9. The molecule has 6 nitrogen and oxygen atoms in total. The molecular formula is C22H26BrN3O3S. The predicted octanol–water partition coefficient (Wildman–Crippen LogP) is 3.25. The molecule has 8 heteroatoms. The topological polar surface area (TPSA) is 60.9 Å². The summed E-state index contributed by atoms with van der Waals surface area (Å²) in [5, 5.41) is 0. The van der Waals surface area contributed by atoms with Gasteiger partial charge < -0.3 is 4.90 Å². The monoisotopic (exact) mass is 491 g/mol. The summed E-state index contributed by atoms with van der Waals surface area (Å²) in [5.74, 6) is -0.132. The molecule has 4 rings (SSSR count). The van der Waals surface area contributed by atoms with E-state index in [4.69, 9.17) is 0 Å². The minimum absolute atomic E-state index is 0.0523. The van der Waals surface area contributed by atoms with Crippen LogP contribution < -0.4 is 4.90 Å². The van der Waals surface area contributed by atoms with Gasteiger partial charge in [0.2, 0.25) is 15.9 Å². The first-order valence-corrected chi connectivity index (χ1v) is 12.4. The molecule has 0 radical (unpaired) electrons. The van der Waals surface area contributed by atoms with Gasteiger partial charge in [0.25, 0.3) is 0 Å². The van der Waals surface area contributed by atoms with Gasteiger partial charge >= 0.3 is 0 Å². The molecule has 0 aliphatic carbocycles. The normalized spacial score (nSPS) is 20.4. The Balaban J connectivity index is 1.58. The van der Waals surface area contributed by atoms with Gasteiger partial charge in [0, 0.05) is 50.2 Å². The Kier molecular flexibility index (Phi) is 6.03. The second-order valence-electron chi connectivity index (χ2n) is 8.02. The molecule has 0 N–H and O–H groups in total. The summed E-state index contributed by atoms with van der Waals surface area (Å²) in [6, 6.07) is 13.7. The van der Waals surface area contributed by atoms with Gasteiger partial charge in [-0.25, -0.2) is 8.42 Å². The Morgan fingerprint density at radius 1 is 1.10 bits per heavy atom. The Hall–Kier alpha value is -1.74. The number of amides is 1. The molecule has 2 aliphatic rings. The highest BCUT2D eigenvalue weighted by Gasteiger charge is 2.38. The Bertz CT molecular complexity index is 1050. The van der Waals surface area contributed by atoms with Gasteiger partial charge in [-0.3, -0.25) is 9.69 Å². The molecule has 1 amide bonds. The smallest absolute Gasteiger partial charge is 0.245 e. The van der Waals surface area contributed by atoms with Crippen LogP contribution >= 0.6 is 15.9 Å². The van der Waals surface area contributed by atoms with Crippen molar-refractivity contribution in [1.82, 2.24) is 9.21 Å². The lowest BCUT2D eigenvalue weighted by Crippen LogP contribution is -2.48. The molecule has 0 saturated carbocycles. The summed E-state index contributed by atoms with van der Waals surface area (Å²) >= 11 is 3.46. The quantitative estimate of drug-likeness (QED) is 0.658. The maximum atomic E-state index is 13.6. The van der Waals surface area contributed by atoms with Crippen LogP contribution in [0.25, 0.3) is 0 Å². The first-order chi connectivity index (χ1) is 14.3. The van der Waals surface area contributed by atoms with Crippen molar-refractivity contribution in [3.63, 3.8) is 0 Å². The van der Waals surface area contributed by atoms with E-state index in [0.29, 0.717) is 38.3 Å². The van der Waals surface area contributed by atoms with Gasteiger partial charge in [-0.15, -0.1) is 0 Å². The van der Waals surface area contributed by atoms with Crippen molar-refractivity contribution in [2.45, 2.75) is 37.8 Å². The fourth-order valence-electron chi connectivity index (χ4n) is 4.46. The number of fused-ring (bicyclic) bond motifs is 1. The number of hydrogen-bond donors (Lipinski definition) is 0. The molecule has 2 aromatic carbocycles. The molecule has 1 atom stereocenters. The van der Waals surface area contributed by atoms with Crippen LogP contribution in [0.2, 0.25) is 0 Å². The number of nitrogens with zero attached hydrogens (tertiary/aromatic N) is 3. The number of halogens is 1. The van der Waals surface area contributed by atoms with Crippen LogP contribution in [0.15, 0.2) is 51.8 Å². The standard InChI is InChI=1S/C22H26BrN3O3S/c1-16-12-19-13-20(23)14-21(22(19)26(16)17(2)27)30(28,29)25-10-8-24(9-11-25)15-18-6-4-3-5-7-18/h3-7,13-14,16H,8-12,15H2,1-2H3/t16-/m1/s1. The first-order valence-electron chi connectivity index (χ1n) is 10.2. The van der Waals surface area contributed by atoms with Crippen LogP contribution in [-0.2, 0) is 27.8 Å². The van der Waals surface area contributed by atoms with E-state index in [9.17, 15) is 13.2 Å². The molecule has 2 aliphatic heterocycles. The minimum atomic E-state index is -3.71. The maximum Gasteiger partial charge on any atom is 0.245 e. The number of anilines is 1. The zero-order valence-corrected chi connectivity index (χ0v) is 19.6. The molecule has 1 saturated heterocycles. The molecule has 2 heterocycles. The average Bonchev–Trinajstić information content (AvgIpc) is 3.04. The van der Waals surface area contributed by atoms with Gasteiger partial charge in [-0.1, -0.05) is 46.3 Å². The summed E-state index contributed by atoms with van der Waals surface area (Å²) in [5.41, 5.74) is 2.67. The third-order valence-corrected chi connectivity index (χ3v) is 8.22. The van der Waals surface area contributed by atoms with Crippen LogP contribution in [-0.4, -0.2) is 55.8 Å². The molecule has 30 heavy (non-hydrogen) atoms. The molecule has 0 spiro atoms. The zero-order chi connectivity index (χ0) is 21.5. The van der Waals surface area contributed by atoms with Gasteiger partial charge in [0.1, 0.15) is 4.90 Å². The van der Waals surface area contributed by atoms with Crippen molar-refractivity contribution in [3.05, 3.63) is 58.1 Å². The van der Waals surface area contributed by atoms with Crippen LogP contribution in [0.5, 0.6) is 0 Å². The van der Waals surface area contributed by atoms with Crippen LogP contribution in [0.1, 0.15) is 25.0 Å². The van der Waals surface area contributed by atoms with Crippen molar-refractivity contribution in [3.8, 4) is 0 Å². The van der Waals surface area contributed by atoms with Gasteiger partial charge in [-0.2, -0.15) is 4.31 Å². The van der Waals surface area contributed by atoms with Gasteiger partial charge in [-0.05, 0) is 36.6 Å². The van der Waals surface area contributed by atoms with Crippen molar-refractivity contribution in [1.29, 1.82) is 0 Å². The summed E-state index contributed by atoms with van der Waals surface area (Å²) < 4.78 is 29.5. The van der Waals surface area contributed by atoms with E-state index in [0.717, 1.165) is 16.6 Å². The lowest BCUT2D eigenvalue weighted by molar-refractivity contribution is -0.116. The SMILES string of the molecule is CC(=O)N1c2c(cc(Br)cc2S(=O)(=O)N2CCN(Cc3ccccc3)CC2)C[C@H]1C. The van der Waals surface area contributed by atoms with Gasteiger partial charge in [0.15, 0.2) is 0 Å². The third-order valence-electron chi connectivity index (χ3n) is 5.85. The second-order valence-corrected chi connectivity index (χ2v) is 10.8. The van der Waals surface area contributed by atoms with Gasteiger partial charge in [0.05, 0.1) is 5.69 Å². The lowest BCUT2D eigenvalue weighted by Gasteiger charge is -2.34. The van der Waals surface area contributed by atoms with Crippen molar-refractivity contribution < 1.29 is 13.2 Å². The van der Waals surface area contributed by atoms with E-state index < -0.39 is 10.0 Å². The first kappa shape index (κ1) is 21.5. The highest BCUT2D eigenvalue weighted by Crippen LogP contribution is 2.41. The van der Waals surface area contributed by atoms with Crippen molar-refractivity contribution in [2.75, 3.05) is 31.1 Å². The molecule has 0 aromatic heterocycles. The number of benzene rings is 2. The fourth-order valence-corrected chi connectivity index (χ4v) is 6.79. The van der Waals surface area contributed by atoms with E-state index in [-0.39, 0.29) is 16.8 Å². The second kappa shape index (κ2) is 8.42. The Morgan fingerprint density at radius 2 is 1.77 bits per heavy atom. The largest absolute Gasteiger partial charge is 0.308 e. The molecule has 1 fully saturated rings. The summed E-state index contributed by atoms with van der Waals surface area (Å²) in [4.78, 5) is 16.4. The summed E-state index contributed by atoms with van der Waals surface area (Å²) in [6.45, 7) is 6.49.